The van der Waals surface area contributed by atoms with E-state index in [4.69, 9.17) is 5.11 Å². The van der Waals surface area contributed by atoms with Crippen LogP contribution in [0.25, 0.3) is 10.8 Å². The average Bonchev–Trinajstić information content (AvgIpc) is 2.28. The molecule has 0 aliphatic carbocycles. The lowest BCUT2D eigenvalue weighted by atomic mass is 10.1. The van der Waals surface area contributed by atoms with E-state index in [1.54, 1.807) is 18.2 Å². The van der Waals surface area contributed by atoms with Gasteiger partial charge in [0.1, 0.15) is 5.94 Å². The highest BCUT2D eigenvalue weighted by molar-refractivity contribution is 7.91. The van der Waals surface area contributed by atoms with Crippen LogP contribution in [-0.2, 0) is 9.84 Å². The Bertz CT molecular complexity index is 582. The molecule has 2 aromatic rings. The lowest BCUT2D eigenvalue weighted by Crippen LogP contribution is -2.06. The van der Waals surface area contributed by atoms with E-state index in [2.05, 4.69) is 0 Å². The first-order chi connectivity index (χ1) is 7.15. The van der Waals surface area contributed by atoms with Gasteiger partial charge in [-0.3, -0.25) is 0 Å². The van der Waals surface area contributed by atoms with Crippen molar-refractivity contribution in [3.05, 3.63) is 42.5 Å². The molecule has 0 radical (unpaired) electrons. The lowest BCUT2D eigenvalue weighted by Gasteiger charge is -2.05. The fraction of sp³-hybridized carbons (Fsp3) is 0.0909. The Morgan fingerprint density at radius 2 is 1.67 bits per heavy atom. The molecule has 0 fully saturated rings. The molecule has 78 valence electrons. The van der Waals surface area contributed by atoms with Gasteiger partial charge in [-0.05, 0) is 11.5 Å². The number of sulfone groups is 1. The van der Waals surface area contributed by atoms with Crippen LogP contribution in [0.3, 0.4) is 0 Å². The normalized spacial score (nSPS) is 11.8. The molecule has 2 aromatic carbocycles. The van der Waals surface area contributed by atoms with Crippen molar-refractivity contribution in [1.29, 1.82) is 0 Å². The van der Waals surface area contributed by atoms with E-state index in [0.29, 0.717) is 5.39 Å². The van der Waals surface area contributed by atoms with Gasteiger partial charge >= 0.3 is 0 Å². The minimum atomic E-state index is -3.57. The molecule has 0 spiro atoms. The summed E-state index contributed by atoms with van der Waals surface area (Å²) in [6.45, 7) is 0. The number of fused-ring (bicyclic) bond motifs is 1. The fourth-order valence-corrected chi connectivity index (χ4v) is 2.48. The summed E-state index contributed by atoms with van der Waals surface area (Å²) >= 11 is 0. The molecule has 0 atom stereocenters. The highest BCUT2D eigenvalue weighted by Crippen LogP contribution is 2.23. The van der Waals surface area contributed by atoms with Crippen molar-refractivity contribution in [2.24, 2.45) is 0 Å². The largest absolute Gasteiger partial charge is 0.380 e. The van der Waals surface area contributed by atoms with Crippen molar-refractivity contribution in [3.8, 4) is 0 Å². The van der Waals surface area contributed by atoms with Crippen molar-refractivity contribution in [2.75, 3.05) is 5.94 Å². The second-order valence-corrected chi connectivity index (χ2v) is 5.15. The van der Waals surface area contributed by atoms with Crippen LogP contribution in [0.15, 0.2) is 47.4 Å². The third-order valence-corrected chi connectivity index (χ3v) is 3.62. The van der Waals surface area contributed by atoms with Crippen LogP contribution in [0.5, 0.6) is 0 Å². The Hall–Kier alpha value is -1.39. The van der Waals surface area contributed by atoms with E-state index in [-0.39, 0.29) is 4.90 Å². The first-order valence-corrected chi connectivity index (χ1v) is 6.12. The topological polar surface area (TPSA) is 54.4 Å². The molecule has 0 amide bonds. The standard InChI is InChI=1S/C11H10O3S/c12-8-15(13,14)11-7-3-5-9-4-1-2-6-10(9)11/h1-7,12H,8H2. The summed E-state index contributed by atoms with van der Waals surface area (Å²) in [6.07, 6.45) is 0. The first-order valence-electron chi connectivity index (χ1n) is 4.46. The van der Waals surface area contributed by atoms with Gasteiger partial charge in [-0.15, -0.1) is 0 Å². The fourth-order valence-electron chi connectivity index (χ4n) is 1.54. The van der Waals surface area contributed by atoms with Crippen LogP contribution in [0.2, 0.25) is 0 Å². The summed E-state index contributed by atoms with van der Waals surface area (Å²) in [5.74, 6) is -0.860. The highest BCUT2D eigenvalue weighted by Gasteiger charge is 2.15. The average molecular weight is 222 g/mol. The van der Waals surface area contributed by atoms with Crippen LogP contribution in [-0.4, -0.2) is 19.5 Å². The zero-order valence-electron chi connectivity index (χ0n) is 7.92. The maximum absolute atomic E-state index is 11.6. The number of rotatable bonds is 2. The Kier molecular flexibility index (Phi) is 2.46. The highest BCUT2D eigenvalue weighted by atomic mass is 32.2. The van der Waals surface area contributed by atoms with Gasteiger partial charge in [-0.1, -0.05) is 36.4 Å². The summed E-state index contributed by atoms with van der Waals surface area (Å²) in [6, 6.07) is 12.2. The summed E-state index contributed by atoms with van der Waals surface area (Å²) in [7, 11) is -3.57. The van der Waals surface area contributed by atoms with E-state index in [9.17, 15) is 8.42 Å². The van der Waals surface area contributed by atoms with Crippen LogP contribution >= 0.6 is 0 Å². The summed E-state index contributed by atoms with van der Waals surface area (Å²) < 4.78 is 23.1. The molecule has 4 heteroatoms. The van der Waals surface area contributed by atoms with Crippen LogP contribution in [0, 0.1) is 0 Å². The predicted octanol–water partition coefficient (Wildman–Crippen LogP) is 1.56. The van der Waals surface area contributed by atoms with Gasteiger partial charge < -0.3 is 5.11 Å². The lowest BCUT2D eigenvalue weighted by molar-refractivity contribution is 0.359. The van der Waals surface area contributed by atoms with Crippen LogP contribution in [0.1, 0.15) is 0 Å². The quantitative estimate of drug-likeness (QED) is 0.839. The maximum atomic E-state index is 11.6. The monoisotopic (exact) mass is 222 g/mol. The van der Waals surface area contributed by atoms with E-state index in [1.807, 2.05) is 18.2 Å². The second-order valence-electron chi connectivity index (χ2n) is 3.22. The smallest absolute Gasteiger partial charge is 0.202 e. The molecule has 2 rings (SSSR count). The Balaban J connectivity index is 2.83. The molecule has 3 nitrogen and oxygen atoms in total. The third kappa shape index (κ3) is 1.73. The molecule has 0 saturated carbocycles. The number of hydrogen-bond donors (Lipinski definition) is 1. The molecule has 0 saturated heterocycles. The van der Waals surface area contributed by atoms with Gasteiger partial charge in [-0.25, -0.2) is 8.42 Å². The maximum Gasteiger partial charge on any atom is 0.202 e. The van der Waals surface area contributed by atoms with Gasteiger partial charge in [-0.2, -0.15) is 0 Å². The molecular weight excluding hydrogens is 212 g/mol. The van der Waals surface area contributed by atoms with Crippen LogP contribution < -0.4 is 0 Å². The van der Waals surface area contributed by atoms with Gasteiger partial charge in [0.25, 0.3) is 0 Å². The van der Waals surface area contributed by atoms with Crippen LogP contribution in [0.4, 0.5) is 0 Å². The summed E-state index contributed by atoms with van der Waals surface area (Å²) in [5.41, 5.74) is 0. The number of aliphatic hydroxyl groups is 1. The molecule has 0 heterocycles. The Morgan fingerprint density at radius 3 is 2.40 bits per heavy atom. The van der Waals surface area contributed by atoms with E-state index in [0.717, 1.165) is 5.39 Å². The predicted molar refractivity (Wildman–Crippen MR) is 58.2 cm³/mol. The Labute approximate surface area is 87.9 Å². The SMILES string of the molecule is O=S(=O)(CO)c1cccc2ccccc12. The van der Waals surface area contributed by atoms with E-state index < -0.39 is 15.8 Å². The van der Waals surface area contributed by atoms with Crippen molar-refractivity contribution < 1.29 is 13.5 Å². The molecule has 0 bridgehead atoms. The summed E-state index contributed by atoms with van der Waals surface area (Å²) in [5, 5.41) is 10.3. The molecule has 0 aliphatic heterocycles. The van der Waals surface area contributed by atoms with Crippen molar-refractivity contribution in [3.63, 3.8) is 0 Å². The zero-order valence-corrected chi connectivity index (χ0v) is 8.74. The van der Waals surface area contributed by atoms with Crippen molar-refractivity contribution in [1.82, 2.24) is 0 Å². The van der Waals surface area contributed by atoms with Gasteiger partial charge in [0.2, 0.25) is 9.84 Å². The van der Waals surface area contributed by atoms with Gasteiger partial charge in [0.15, 0.2) is 0 Å². The van der Waals surface area contributed by atoms with Gasteiger partial charge in [0.05, 0.1) is 4.90 Å². The van der Waals surface area contributed by atoms with Crippen molar-refractivity contribution >= 4 is 20.6 Å². The third-order valence-electron chi connectivity index (χ3n) is 2.25. The minimum Gasteiger partial charge on any atom is -0.380 e. The minimum absolute atomic E-state index is 0.183. The molecule has 0 aromatic heterocycles. The van der Waals surface area contributed by atoms with Gasteiger partial charge in [0, 0.05) is 5.39 Å². The molecule has 0 aliphatic rings. The number of hydrogen-bond acceptors (Lipinski definition) is 3. The molecule has 0 unspecified atom stereocenters. The first kappa shape index (κ1) is 10.1. The van der Waals surface area contributed by atoms with E-state index >= 15 is 0 Å². The van der Waals surface area contributed by atoms with E-state index in [1.165, 1.54) is 6.07 Å². The molecule has 1 N–H and O–H groups in total. The second kappa shape index (κ2) is 3.64. The number of benzene rings is 2. The zero-order chi connectivity index (χ0) is 10.9. The Morgan fingerprint density at radius 1 is 1.00 bits per heavy atom. The molecule has 15 heavy (non-hydrogen) atoms. The molecular formula is C11H10O3S. The van der Waals surface area contributed by atoms with Crippen molar-refractivity contribution in [2.45, 2.75) is 4.90 Å². The summed E-state index contributed by atoms with van der Waals surface area (Å²) in [4.78, 5) is 0.183. The number of aliphatic hydroxyl groups excluding tert-OH is 1.